The molecule has 0 saturated carbocycles. The molecule has 188 valence electrons. The number of nitrogens with zero attached hydrogens (tertiary/aromatic N) is 2. The van der Waals surface area contributed by atoms with Crippen molar-refractivity contribution in [3.05, 3.63) is 67.8 Å². The van der Waals surface area contributed by atoms with Crippen molar-refractivity contribution in [2.45, 2.75) is 32.4 Å². The van der Waals surface area contributed by atoms with Crippen molar-refractivity contribution in [1.29, 1.82) is 0 Å². The van der Waals surface area contributed by atoms with E-state index in [1.54, 1.807) is 42.5 Å². The molecule has 1 atom stereocenters. The zero-order chi connectivity index (χ0) is 25.6. The Morgan fingerprint density at radius 3 is 2.51 bits per heavy atom. The molecule has 0 fully saturated rings. The summed E-state index contributed by atoms with van der Waals surface area (Å²) in [6.45, 7) is 2.19. The molecule has 0 aliphatic heterocycles. The van der Waals surface area contributed by atoms with Crippen LogP contribution in [-0.2, 0) is 27.6 Å². The van der Waals surface area contributed by atoms with E-state index in [0.717, 1.165) is 12.7 Å². The van der Waals surface area contributed by atoms with Gasteiger partial charge in [-0.05, 0) is 48.9 Å². The fourth-order valence-electron chi connectivity index (χ4n) is 3.52. The van der Waals surface area contributed by atoms with Gasteiger partial charge in [0, 0.05) is 22.6 Å². The van der Waals surface area contributed by atoms with Crippen LogP contribution < -0.4 is 4.74 Å². The summed E-state index contributed by atoms with van der Waals surface area (Å²) < 4.78 is 28.2. The van der Waals surface area contributed by atoms with Gasteiger partial charge < -0.3 is 14.7 Å². The Bertz CT molecular complexity index is 1250. The van der Waals surface area contributed by atoms with Gasteiger partial charge in [0.2, 0.25) is 0 Å². The SMILES string of the molecule is COc1ccc([C@@H](O)C(=O)N(CCCc2cccs2)Cc2nc(C(=O)CS(C)(=O)=O)c(C)s2)cc1. The van der Waals surface area contributed by atoms with E-state index in [1.807, 2.05) is 17.5 Å². The van der Waals surface area contributed by atoms with Crippen LogP contribution in [0.15, 0.2) is 41.8 Å². The monoisotopic (exact) mass is 536 g/mol. The topological polar surface area (TPSA) is 114 Å². The molecule has 8 nitrogen and oxygen atoms in total. The molecule has 0 unspecified atom stereocenters. The van der Waals surface area contributed by atoms with Crippen molar-refractivity contribution in [2.75, 3.05) is 25.7 Å². The van der Waals surface area contributed by atoms with Gasteiger partial charge in [-0.25, -0.2) is 13.4 Å². The zero-order valence-electron chi connectivity index (χ0n) is 19.8. The number of thiophene rings is 1. The molecular weight excluding hydrogens is 508 g/mol. The van der Waals surface area contributed by atoms with Gasteiger partial charge in [0.05, 0.1) is 13.7 Å². The van der Waals surface area contributed by atoms with Gasteiger partial charge in [0.1, 0.15) is 22.2 Å². The molecule has 0 saturated heterocycles. The van der Waals surface area contributed by atoms with E-state index in [4.69, 9.17) is 4.74 Å². The number of ether oxygens (including phenoxy) is 1. The normalized spacial score (nSPS) is 12.3. The Balaban J connectivity index is 1.79. The number of carbonyl (C=O) groups excluding carboxylic acids is 2. The maximum atomic E-state index is 13.3. The first-order valence-corrected chi connectivity index (χ1v) is 14.6. The second-order valence-electron chi connectivity index (χ2n) is 8.12. The first kappa shape index (κ1) is 27.0. The highest BCUT2D eigenvalue weighted by molar-refractivity contribution is 7.91. The minimum Gasteiger partial charge on any atom is -0.497 e. The van der Waals surface area contributed by atoms with Gasteiger partial charge in [0.15, 0.2) is 21.7 Å². The van der Waals surface area contributed by atoms with E-state index in [2.05, 4.69) is 4.98 Å². The highest BCUT2D eigenvalue weighted by Crippen LogP contribution is 2.24. The molecule has 3 rings (SSSR count). The summed E-state index contributed by atoms with van der Waals surface area (Å²) in [5.41, 5.74) is 0.551. The number of aliphatic hydroxyl groups excluding tert-OH is 1. The van der Waals surface area contributed by atoms with Crippen LogP contribution in [0.1, 0.15) is 43.3 Å². The zero-order valence-corrected chi connectivity index (χ0v) is 22.2. The quantitative estimate of drug-likeness (QED) is 0.353. The summed E-state index contributed by atoms with van der Waals surface area (Å²) in [7, 11) is -1.95. The number of benzene rings is 1. The molecule has 1 amide bonds. The van der Waals surface area contributed by atoms with E-state index in [0.29, 0.717) is 34.2 Å². The molecule has 11 heteroatoms. The lowest BCUT2D eigenvalue weighted by Gasteiger charge is -2.24. The lowest BCUT2D eigenvalue weighted by atomic mass is 10.1. The van der Waals surface area contributed by atoms with Crippen molar-refractivity contribution in [2.24, 2.45) is 0 Å². The highest BCUT2D eigenvalue weighted by atomic mass is 32.2. The lowest BCUT2D eigenvalue weighted by molar-refractivity contribution is -0.141. The smallest absolute Gasteiger partial charge is 0.256 e. The van der Waals surface area contributed by atoms with Gasteiger partial charge in [-0.15, -0.1) is 22.7 Å². The first-order valence-electron chi connectivity index (χ1n) is 10.9. The number of Topliss-reactive ketones (excluding diaryl/α,β-unsaturated/α-hetero) is 1. The van der Waals surface area contributed by atoms with Gasteiger partial charge in [-0.2, -0.15) is 0 Å². The summed E-state index contributed by atoms with van der Waals surface area (Å²) in [6, 6.07) is 10.6. The Morgan fingerprint density at radius 1 is 1.20 bits per heavy atom. The Morgan fingerprint density at radius 2 is 1.91 bits per heavy atom. The Hall–Kier alpha value is -2.60. The third-order valence-corrected chi connectivity index (χ3v) is 7.91. The van der Waals surface area contributed by atoms with Crippen molar-refractivity contribution in [1.82, 2.24) is 9.88 Å². The van der Waals surface area contributed by atoms with E-state index in [1.165, 1.54) is 28.2 Å². The number of rotatable bonds is 12. The molecule has 1 N–H and O–H groups in total. The number of sulfone groups is 1. The minimum absolute atomic E-state index is 0.105. The molecule has 35 heavy (non-hydrogen) atoms. The summed E-state index contributed by atoms with van der Waals surface area (Å²) in [6.07, 6.45) is 1.11. The van der Waals surface area contributed by atoms with Crippen molar-refractivity contribution in [3.63, 3.8) is 0 Å². The fourth-order valence-corrected chi connectivity index (χ4v) is 5.85. The Labute approximate surface area is 213 Å². The van der Waals surface area contributed by atoms with Crippen LogP contribution in [0.4, 0.5) is 0 Å². The second kappa shape index (κ2) is 11.9. The van der Waals surface area contributed by atoms with E-state index < -0.39 is 33.4 Å². The number of aliphatic hydroxyl groups is 1. The van der Waals surface area contributed by atoms with Gasteiger partial charge in [0.25, 0.3) is 5.91 Å². The molecular formula is C24H28N2O6S3. The van der Waals surface area contributed by atoms with Crippen molar-refractivity contribution < 1.29 is 27.9 Å². The number of amides is 1. The lowest BCUT2D eigenvalue weighted by Crippen LogP contribution is -2.35. The predicted molar refractivity (Wildman–Crippen MR) is 137 cm³/mol. The van der Waals surface area contributed by atoms with E-state index >= 15 is 0 Å². The number of carbonyl (C=O) groups is 2. The predicted octanol–water partition coefficient (Wildman–Crippen LogP) is 3.44. The van der Waals surface area contributed by atoms with Crippen LogP contribution in [0.5, 0.6) is 5.75 Å². The number of aromatic nitrogens is 1. The standard InChI is InChI=1S/C24H28N2O6S3/c1-16-22(20(27)15-35(3,30)31)25-21(34-16)14-26(12-4-6-19-7-5-13-33-19)24(29)23(28)17-8-10-18(32-2)11-9-17/h5,7-11,13,23,28H,4,6,12,14-15H2,1-3H3/t23-/m1/s1. The third-order valence-electron chi connectivity index (χ3n) is 5.23. The van der Waals surface area contributed by atoms with Crippen LogP contribution in [0.2, 0.25) is 0 Å². The van der Waals surface area contributed by atoms with Gasteiger partial charge >= 0.3 is 0 Å². The van der Waals surface area contributed by atoms with Crippen LogP contribution in [0.3, 0.4) is 0 Å². The van der Waals surface area contributed by atoms with Crippen LogP contribution in [0.25, 0.3) is 0 Å². The minimum atomic E-state index is -3.49. The largest absolute Gasteiger partial charge is 0.497 e. The number of hydrogen-bond acceptors (Lipinski definition) is 9. The molecule has 2 aromatic heterocycles. The number of thiazole rings is 1. The number of ketones is 1. The maximum absolute atomic E-state index is 13.3. The fraction of sp³-hybridized carbons (Fsp3) is 0.375. The number of hydrogen-bond donors (Lipinski definition) is 1. The van der Waals surface area contributed by atoms with E-state index in [-0.39, 0.29) is 12.2 Å². The molecule has 1 aromatic carbocycles. The molecule has 0 radical (unpaired) electrons. The third kappa shape index (κ3) is 7.69. The second-order valence-corrected chi connectivity index (χ2v) is 12.6. The van der Waals surface area contributed by atoms with Gasteiger partial charge in [-0.3, -0.25) is 9.59 Å². The molecule has 2 heterocycles. The van der Waals surface area contributed by atoms with Crippen LogP contribution in [-0.4, -0.2) is 60.8 Å². The average molecular weight is 537 g/mol. The summed E-state index contributed by atoms with van der Waals surface area (Å²) >= 11 is 2.89. The number of aryl methyl sites for hydroxylation is 2. The van der Waals surface area contributed by atoms with Crippen molar-refractivity contribution >= 4 is 44.2 Å². The van der Waals surface area contributed by atoms with Crippen LogP contribution >= 0.6 is 22.7 Å². The Kier molecular flexibility index (Phi) is 9.17. The van der Waals surface area contributed by atoms with Gasteiger partial charge in [-0.1, -0.05) is 18.2 Å². The molecule has 0 bridgehead atoms. The first-order chi connectivity index (χ1) is 16.6. The molecule has 0 aliphatic rings. The van der Waals surface area contributed by atoms with E-state index in [9.17, 15) is 23.1 Å². The van der Waals surface area contributed by atoms with Crippen LogP contribution in [0, 0.1) is 6.92 Å². The van der Waals surface area contributed by atoms with Crippen molar-refractivity contribution in [3.8, 4) is 5.75 Å². The summed E-state index contributed by atoms with van der Waals surface area (Å²) in [5, 5.41) is 13.3. The molecule has 0 aliphatic carbocycles. The highest BCUT2D eigenvalue weighted by Gasteiger charge is 2.26. The molecule has 0 spiro atoms. The molecule has 3 aromatic rings. The summed E-state index contributed by atoms with van der Waals surface area (Å²) in [4.78, 5) is 33.4. The number of methoxy groups -OCH3 is 1. The average Bonchev–Trinajstić information content (AvgIpc) is 3.46. The summed E-state index contributed by atoms with van der Waals surface area (Å²) in [5.74, 6) is -1.04. The maximum Gasteiger partial charge on any atom is 0.256 e.